The third-order valence-corrected chi connectivity index (χ3v) is 3.17. The van der Waals surface area contributed by atoms with Gasteiger partial charge in [0.1, 0.15) is 11.6 Å². The fourth-order valence-corrected chi connectivity index (χ4v) is 2.09. The minimum Gasteiger partial charge on any atom is -0.306 e. The number of hydrogen-bond acceptors (Lipinski definition) is 1. The van der Waals surface area contributed by atoms with Gasteiger partial charge in [0, 0.05) is 29.2 Å². The summed E-state index contributed by atoms with van der Waals surface area (Å²) in [5, 5.41) is 3.85. The number of halogens is 3. The lowest BCUT2D eigenvalue weighted by Crippen LogP contribution is -2.19. The first-order valence-corrected chi connectivity index (χ1v) is 6.37. The van der Waals surface area contributed by atoms with Gasteiger partial charge in [-0.15, -0.1) is 0 Å². The van der Waals surface area contributed by atoms with Crippen molar-refractivity contribution in [1.29, 1.82) is 0 Å². The number of benzene rings is 2. The maximum atomic E-state index is 13.6. The molecule has 0 fully saturated rings. The normalized spacial score (nSPS) is 12.4. The van der Waals surface area contributed by atoms with E-state index in [0.717, 1.165) is 11.6 Å². The van der Waals surface area contributed by atoms with Gasteiger partial charge in [-0.25, -0.2) is 8.78 Å². The zero-order valence-electron chi connectivity index (χ0n) is 10.5. The molecule has 1 nitrogen and oxygen atoms in total. The van der Waals surface area contributed by atoms with Crippen molar-refractivity contribution in [2.45, 2.75) is 19.5 Å². The van der Waals surface area contributed by atoms with E-state index >= 15 is 0 Å². The van der Waals surface area contributed by atoms with Gasteiger partial charge in [-0.1, -0.05) is 29.8 Å². The molecule has 100 valence electrons. The maximum Gasteiger partial charge on any atom is 0.130 e. The Morgan fingerprint density at radius 3 is 2.63 bits per heavy atom. The van der Waals surface area contributed by atoms with Crippen molar-refractivity contribution in [3.8, 4) is 0 Å². The van der Waals surface area contributed by atoms with Crippen LogP contribution in [0, 0.1) is 11.6 Å². The maximum absolute atomic E-state index is 13.6. The van der Waals surface area contributed by atoms with Crippen molar-refractivity contribution in [3.63, 3.8) is 0 Å². The molecule has 0 heterocycles. The standard InChI is InChI=1S/C15H14ClF2N/c1-10(14-6-5-13(17)8-15(14)18)19-9-11-3-2-4-12(16)7-11/h2-8,10,19H,9H2,1H3. The zero-order chi connectivity index (χ0) is 13.8. The SMILES string of the molecule is CC(NCc1cccc(Cl)c1)c1ccc(F)cc1F. The van der Waals surface area contributed by atoms with E-state index in [9.17, 15) is 8.78 Å². The van der Waals surface area contributed by atoms with Gasteiger partial charge in [0.15, 0.2) is 0 Å². The van der Waals surface area contributed by atoms with Crippen LogP contribution in [0.1, 0.15) is 24.1 Å². The molecule has 2 rings (SSSR count). The van der Waals surface area contributed by atoms with Crippen molar-refractivity contribution in [1.82, 2.24) is 5.32 Å². The molecule has 0 spiro atoms. The van der Waals surface area contributed by atoms with Gasteiger partial charge in [0.05, 0.1) is 0 Å². The van der Waals surface area contributed by atoms with Crippen molar-refractivity contribution < 1.29 is 8.78 Å². The van der Waals surface area contributed by atoms with Crippen LogP contribution < -0.4 is 5.32 Å². The van der Waals surface area contributed by atoms with Crippen molar-refractivity contribution in [3.05, 3.63) is 70.2 Å². The van der Waals surface area contributed by atoms with E-state index in [1.165, 1.54) is 12.1 Å². The van der Waals surface area contributed by atoms with Gasteiger partial charge in [0.2, 0.25) is 0 Å². The molecule has 1 unspecified atom stereocenters. The molecule has 0 aromatic heterocycles. The van der Waals surface area contributed by atoms with E-state index in [4.69, 9.17) is 11.6 Å². The van der Waals surface area contributed by atoms with Crippen LogP contribution in [0.25, 0.3) is 0 Å². The largest absolute Gasteiger partial charge is 0.306 e. The molecule has 0 bridgehead atoms. The van der Waals surface area contributed by atoms with Crippen LogP contribution in [0.3, 0.4) is 0 Å². The first kappa shape index (κ1) is 14.0. The minimum absolute atomic E-state index is 0.209. The lowest BCUT2D eigenvalue weighted by molar-refractivity contribution is 0.518. The third-order valence-electron chi connectivity index (χ3n) is 2.93. The Morgan fingerprint density at radius 1 is 1.16 bits per heavy atom. The van der Waals surface area contributed by atoms with E-state index in [0.29, 0.717) is 17.1 Å². The minimum atomic E-state index is -0.566. The van der Waals surface area contributed by atoms with E-state index in [1.807, 2.05) is 25.1 Å². The molecule has 0 saturated heterocycles. The summed E-state index contributed by atoms with van der Waals surface area (Å²) in [7, 11) is 0. The summed E-state index contributed by atoms with van der Waals surface area (Å²) in [5.41, 5.74) is 1.46. The van der Waals surface area contributed by atoms with Gasteiger partial charge < -0.3 is 5.32 Å². The second-order valence-corrected chi connectivity index (χ2v) is 4.83. The van der Waals surface area contributed by atoms with Crippen LogP contribution in [-0.2, 0) is 6.54 Å². The van der Waals surface area contributed by atoms with Crippen LogP contribution in [-0.4, -0.2) is 0 Å². The quantitative estimate of drug-likeness (QED) is 0.872. The van der Waals surface area contributed by atoms with Crippen LogP contribution in [0.4, 0.5) is 8.78 Å². The summed E-state index contributed by atoms with van der Waals surface area (Å²) in [6.07, 6.45) is 0. The van der Waals surface area contributed by atoms with Crippen molar-refractivity contribution in [2.75, 3.05) is 0 Å². The molecule has 2 aromatic carbocycles. The van der Waals surface area contributed by atoms with E-state index in [-0.39, 0.29) is 6.04 Å². The van der Waals surface area contributed by atoms with Gasteiger partial charge in [-0.05, 0) is 30.7 Å². The van der Waals surface area contributed by atoms with Crippen LogP contribution in [0.15, 0.2) is 42.5 Å². The predicted octanol–water partition coefficient (Wildman–Crippen LogP) is 4.47. The van der Waals surface area contributed by atoms with Crippen LogP contribution in [0.5, 0.6) is 0 Å². The summed E-state index contributed by atoms with van der Waals surface area (Å²) >= 11 is 5.89. The molecule has 2 aromatic rings. The van der Waals surface area contributed by atoms with E-state index in [1.54, 1.807) is 6.07 Å². The summed E-state index contributed by atoms with van der Waals surface area (Å²) < 4.78 is 26.4. The van der Waals surface area contributed by atoms with Crippen LogP contribution in [0.2, 0.25) is 5.02 Å². The topological polar surface area (TPSA) is 12.0 Å². The molecule has 0 amide bonds. The number of rotatable bonds is 4. The Balaban J connectivity index is 2.03. The molecule has 4 heteroatoms. The zero-order valence-corrected chi connectivity index (χ0v) is 11.2. The number of nitrogens with one attached hydrogen (secondary N) is 1. The highest BCUT2D eigenvalue weighted by Crippen LogP contribution is 2.18. The van der Waals surface area contributed by atoms with E-state index < -0.39 is 11.6 Å². The van der Waals surface area contributed by atoms with Gasteiger partial charge in [-0.3, -0.25) is 0 Å². The molecule has 0 saturated carbocycles. The second-order valence-electron chi connectivity index (χ2n) is 4.40. The first-order chi connectivity index (χ1) is 9.06. The molecular formula is C15H14ClF2N. The smallest absolute Gasteiger partial charge is 0.130 e. The lowest BCUT2D eigenvalue weighted by Gasteiger charge is -2.15. The molecule has 19 heavy (non-hydrogen) atoms. The summed E-state index contributed by atoms with van der Waals surface area (Å²) in [4.78, 5) is 0. The average Bonchev–Trinajstić information content (AvgIpc) is 2.36. The highest BCUT2D eigenvalue weighted by molar-refractivity contribution is 6.30. The highest BCUT2D eigenvalue weighted by atomic mass is 35.5. The number of hydrogen-bond donors (Lipinski definition) is 1. The Morgan fingerprint density at radius 2 is 1.95 bits per heavy atom. The highest BCUT2D eigenvalue weighted by Gasteiger charge is 2.11. The Hall–Kier alpha value is -1.45. The second kappa shape index (κ2) is 6.13. The van der Waals surface area contributed by atoms with Crippen molar-refractivity contribution >= 4 is 11.6 Å². The van der Waals surface area contributed by atoms with E-state index in [2.05, 4.69) is 5.32 Å². The molecule has 0 radical (unpaired) electrons. The first-order valence-electron chi connectivity index (χ1n) is 5.99. The Bertz CT molecular complexity index is 572. The molecule has 0 aliphatic carbocycles. The average molecular weight is 282 g/mol. The predicted molar refractivity (Wildman–Crippen MR) is 73.1 cm³/mol. The monoisotopic (exact) mass is 281 g/mol. The molecule has 0 aliphatic heterocycles. The Labute approximate surface area is 116 Å². The van der Waals surface area contributed by atoms with Crippen molar-refractivity contribution in [2.24, 2.45) is 0 Å². The third kappa shape index (κ3) is 3.75. The summed E-state index contributed by atoms with van der Waals surface area (Å²) in [6, 6.07) is 10.9. The molecular weight excluding hydrogens is 268 g/mol. The molecule has 1 N–H and O–H groups in total. The summed E-state index contributed by atoms with van der Waals surface area (Å²) in [5.74, 6) is -1.10. The van der Waals surface area contributed by atoms with Gasteiger partial charge in [-0.2, -0.15) is 0 Å². The van der Waals surface area contributed by atoms with Gasteiger partial charge >= 0.3 is 0 Å². The molecule has 0 aliphatic rings. The van der Waals surface area contributed by atoms with Gasteiger partial charge in [0.25, 0.3) is 0 Å². The molecule has 1 atom stereocenters. The summed E-state index contributed by atoms with van der Waals surface area (Å²) in [6.45, 7) is 2.40. The van der Waals surface area contributed by atoms with Crippen LogP contribution >= 0.6 is 11.6 Å². The fraction of sp³-hybridized carbons (Fsp3) is 0.200. The fourth-order valence-electron chi connectivity index (χ4n) is 1.88. The Kier molecular flexibility index (Phi) is 4.51. The lowest BCUT2D eigenvalue weighted by atomic mass is 10.1.